The minimum absolute atomic E-state index is 0.0830. The number of methoxy groups -OCH3 is 2. The number of halogens is 1. The van der Waals surface area contributed by atoms with Crippen molar-refractivity contribution < 1.29 is 62.1 Å². The molecule has 0 aliphatic carbocycles. The van der Waals surface area contributed by atoms with Crippen molar-refractivity contribution >= 4 is 34.1 Å². The number of fused-ring (bicyclic) bond motifs is 9. The molecule has 378 valence electrons. The van der Waals surface area contributed by atoms with Gasteiger partial charge in [-0.05, 0) is 75.1 Å². The highest BCUT2D eigenvalue weighted by molar-refractivity contribution is 9.11. The van der Waals surface area contributed by atoms with Crippen LogP contribution in [0.3, 0.4) is 0 Å². The molecule has 0 radical (unpaired) electrons. The summed E-state index contributed by atoms with van der Waals surface area (Å²) in [6.45, 7) is 12.2. The number of aliphatic hydroxyl groups excluding tert-OH is 2. The normalized spacial score (nSPS) is 36.1. The van der Waals surface area contributed by atoms with Crippen LogP contribution in [0.25, 0.3) is 12.2 Å². The van der Waals surface area contributed by atoms with Gasteiger partial charge in [0, 0.05) is 57.8 Å². The van der Waals surface area contributed by atoms with Crippen molar-refractivity contribution in [2.24, 2.45) is 11.8 Å². The fraction of sp³-hybridized carbons (Fsp3) is 0.604. The second-order valence-corrected chi connectivity index (χ2v) is 20.0. The summed E-state index contributed by atoms with van der Waals surface area (Å²) in [5.41, 5.74) is 3.86. The Balaban J connectivity index is 1.06. The van der Waals surface area contributed by atoms with Crippen LogP contribution in [0.15, 0.2) is 92.2 Å². The van der Waals surface area contributed by atoms with E-state index in [-0.39, 0.29) is 67.2 Å². The number of esters is 1. The molecule has 0 amide bonds. The first-order valence-corrected chi connectivity index (χ1v) is 25.2. The minimum Gasteiger partial charge on any atom is -0.458 e. The van der Waals surface area contributed by atoms with Crippen LogP contribution < -0.4 is 0 Å². The Morgan fingerprint density at radius 2 is 1.78 bits per heavy atom. The first-order valence-electron chi connectivity index (χ1n) is 24.3. The van der Waals surface area contributed by atoms with Crippen molar-refractivity contribution in [3.8, 4) is 0 Å². The Labute approximate surface area is 414 Å². The summed E-state index contributed by atoms with van der Waals surface area (Å²) in [5.74, 6) is -1.95. The number of nitrogens with zero attached hydrogens (tertiary/aromatic N) is 2. The number of ether oxygens (including phenoxy) is 7. The summed E-state index contributed by atoms with van der Waals surface area (Å²) in [5, 5.41) is 33.9. The van der Waals surface area contributed by atoms with Crippen molar-refractivity contribution in [1.82, 2.24) is 9.97 Å². The summed E-state index contributed by atoms with van der Waals surface area (Å²) in [6, 6.07) is 0. The van der Waals surface area contributed by atoms with Gasteiger partial charge in [0.2, 0.25) is 5.89 Å². The number of hydrogen-bond donors (Lipinski definition) is 3. The molecule has 0 spiro atoms. The molecular weight excluding hydrogens is 952 g/mol. The van der Waals surface area contributed by atoms with Gasteiger partial charge < -0.3 is 57.3 Å². The van der Waals surface area contributed by atoms with Crippen LogP contribution in [0, 0.1) is 11.8 Å². The summed E-state index contributed by atoms with van der Waals surface area (Å²) >= 11 is 3.28. The van der Waals surface area contributed by atoms with E-state index < -0.39 is 48.4 Å². The molecule has 4 saturated heterocycles. The van der Waals surface area contributed by atoms with E-state index in [4.69, 9.17) is 52.0 Å². The van der Waals surface area contributed by atoms with E-state index >= 15 is 0 Å². The standard InChI is InChI=1S/C53H71BrN2O13/c1-31(16-17-38(61-6)12-10-18-54)21-44(58)47-26-42(62-7)27-53(60,69-47)28-49-55-36(29-63-49)22-33(3)51-35(5)52-34(4)45(67-51)13-9-14-48-56-43(30-64-48)46-24-37(57)23-41(66-46)25-40-20-32(2)19-39(65-40)11-8-15-50(59)68-52/h8-10,14-18,21-22,29-30,34-35,37-42,44-47,51-52,57-58,60H,2,11-13,19-20,23-28H2,1,3-7H3/b14-9+,15-8-,17-16+,18-10+,31-21+,33-22+/t34?,35-,37+,38?,39-,40+,41-,42?,44+,45+,46+,47+,51-,52-,53-/m0/s1. The fourth-order valence-electron chi connectivity index (χ4n) is 10.4. The molecule has 16 heteroatoms. The van der Waals surface area contributed by atoms with Crippen LogP contribution >= 0.6 is 15.9 Å². The van der Waals surface area contributed by atoms with Gasteiger partial charge in [-0.1, -0.05) is 84.0 Å². The molecular formula is C53H71BrN2O13. The third-order valence-electron chi connectivity index (χ3n) is 13.9. The number of hydrogen-bond acceptors (Lipinski definition) is 15. The lowest BCUT2D eigenvalue weighted by molar-refractivity contribution is -0.286. The molecule has 7 heterocycles. The van der Waals surface area contributed by atoms with Crippen molar-refractivity contribution in [3.63, 3.8) is 0 Å². The van der Waals surface area contributed by atoms with E-state index in [0.29, 0.717) is 75.1 Å². The largest absolute Gasteiger partial charge is 0.458 e. The highest BCUT2D eigenvalue weighted by atomic mass is 79.9. The molecule has 3 N–H and O–H groups in total. The monoisotopic (exact) mass is 1020 g/mol. The molecule has 3 unspecified atom stereocenters. The second-order valence-electron chi connectivity index (χ2n) is 19.5. The van der Waals surface area contributed by atoms with Crippen LogP contribution in [0.1, 0.15) is 121 Å². The van der Waals surface area contributed by atoms with Gasteiger partial charge in [-0.15, -0.1) is 0 Å². The topological polar surface area (TPSA) is 194 Å². The lowest BCUT2D eigenvalue weighted by Gasteiger charge is -2.44. The third-order valence-corrected chi connectivity index (χ3v) is 14.2. The summed E-state index contributed by atoms with van der Waals surface area (Å²) < 4.78 is 55.2. The van der Waals surface area contributed by atoms with Gasteiger partial charge in [-0.3, -0.25) is 0 Å². The molecule has 5 aliphatic rings. The molecule has 2 aromatic rings. The fourth-order valence-corrected chi connectivity index (χ4v) is 10.6. The summed E-state index contributed by atoms with van der Waals surface area (Å²) in [7, 11) is 3.22. The predicted molar refractivity (Wildman–Crippen MR) is 261 cm³/mol. The van der Waals surface area contributed by atoms with Gasteiger partial charge in [0.15, 0.2) is 11.7 Å². The maximum atomic E-state index is 13.6. The van der Waals surface area contributed by atoms with Gasteiger partial charge in [-0.2, -0.15) is 0 Å². The Kier molecular flexibility index (Phi) is 18.9. The number of aliphatic hydroxyl groups is 3. The van der Waals surface area contributed by atoms with Crippen LogP contribution in [0.4, 0.5) is 0 Å². The molecule has 2 aromatic heterocycles. The molecule has 15 nitrogen and oxygen atoms in total. The average molecular weight is 1020 g/mol. The zero-order valence-corrected chi connectivity index (χ0v) is 42.3. The average Bonchev–Trinajstić information content (AvgIpc) is 3.96. The second kappa shape index (κ2) is 24.5. The molecule has 7 rings (SSSR count). The Morgan fingerprint density at radius 3 is 2.57 bits per heavy atom. The van der Waals surface area contributed by atoms with E-state index in [1.165, 1.54) is 12.3 Å². The van der Waals surface area contributed by atoms with Crippen molar-refractivity contribution in [1.29, 1.82) is 0 Å². The zero-order chi connectivity index (χ0) is 49.2. The van der Waals surface area contributed by atoms with Crippen molar-refractivity contribution in [3.05, 3.63) is 107 Å². The van der Waals surface area contributed by atoms with Gasteiger partial charge in [-0.25, -0.2) is 14.8 Å². The maximum Gasteiger partial charge on any atom is 0.330 e. The predicted octanol–water partition coefficient (Wildman–Crippen LogP) is 8.76. The number of carbonyl (C=O) groups is 1. The number of rotatable bonds is 12. The molecule has 0 aromatic carbocycles. The lowest BCUT2D eigenvalue weighted by atomic mass is 9.79. The Hall–Kier alpha value is -3.81. The summed E-state index contributed by atoms with van der Waals surface area (Å²) in [4.78, 5) is 24.8. The number of carbonyl (C=O) groups excluding carboxylic acids is 1. The molecule has 5 aliphatic heterocycles. The third kappa shape index (κ3) is 14.6. The van der Waals surface area contributed by atoms with Crippen molar-refractivity contribution in [2.45, 2.75) is 177 Å². The molecule has 8 bridgehead atoms. The first kappa shape index (κ1) is 53.0. The van der Waals surface area contributed by atoms with E-state index in [1.807, 2.05) is 64.2 Å². The van der Waals surface area contributed by atoms with Crippen LogP contribution in [0.2, 0.25) is 0 Å². The molecule has 69 heavy (non-hydrogen) atoms. The van der Waals surface area contributed by atoms with Crippen LogP contribution in [-0.4, -0.2) is 118 Å². The molecule has 0 saturated carbocycles. The quantitative estimate of drug-likeness (QED) is 0.104. The zero-order valence-electron chi connectivity index (χ0n) is 40.7. The number of aromatic nitrogens is 2. The van der Waals surface area contributed by atoms with E-state index in [2.05, 4.69) is 22.5 Å². The Bertz CT molecular complexity index is 2210. The lowest BCUT2D eigenvalue weighted by Crippen LogP contribution is -2.51. The number of allylic oxidation sites excluding steroid dienone is 2. The SMILES string of the molecule is C=C1C[C@@H]2C[C@@H]3C[C@@H](O)C[C@@H](O3)c3coc(n3)/C=C/C[C@H]3O[C@@H](/C(C)=C/c4coc(C[C@]5(O)CC(OC)C[C@H]([C@H](O)/C=C(C)/C=C/C(C/C=C/Br)OC)O5)n4)[C@H](C)[C@@H](OC(=O)/C=C\C[C@@H](C1)O2)C3C. The first-order chi connectivity index (χ1) is 33.1. The van der Waals surface area contributed by atoms with E-state index in [0.717, 1.165) is 16.7 Å². The van der Waals surface area contributed by atoms with Gasteiger partial charge in [0.1, 0.15) is 36.1 Å². The van der Waals surface area contributed by atoms with E-state index in [1.54, 1.807) is 37.6 Å². The molecule has 15 atom stereocenters. The van der Waals surface area contributed by atoms with E-state index in [9.17, 15) is 20.1 Å². The highest BCUT2D eigenvalue weighted by Gasteiger charge is 2.45. The summed E-state index contributed by atoms with van der Waals surface area (Å²) in [6.07, 6.45) is 19.5. The Morgan fingerprint density at radius 1 is 0.986 bits per heavy atom. The number of oxazole rings is 2. The van der Waals surface area contributed by atoms with Gasteiger partial charge in [0.05, 0.1) is 67.5 Å². The minimum atomic E-state index is -1.73. The van der Waals surface area contributed by atoms with Gasteiger partial charge in [0.25, 0.3) is 0 Å². The maximum absolute atomic E-state index is 13.6. The van der Waals surface area contributed by atoms with Crippen molar-refractivity contribution in [2.75, 3.05) is 14.2 Å². The van der Waals surface area contributed by atoms with Crippen LogP contribution in [-0.2, 0) is 44.4 Å². The smallest absolute Gasteiger partial charge is 0.330 e. The molecule has 4 fully saturated rings. The highest BCUT2D eigenvalue weighted by Crippen LogP contribution is 2.40. The van der Waals surface area contributed by atoms with Gasteiger partial charge >= 0.3 is 5.97 Å². The van der Waals surface area contributed by atoms with Crippen LogP contribution in [0.5, 0.6) is 0 Å².